The molecular formula is C18H30Cl2N2O. The molecule has 1 atom stereocenters. The maximum absolute atomic E-state index is 5.99. The third-order valence-corrected chi connectivity index (χ3v) is 4.55. The Labute approximate surface area is 151 Å². The second-order valence-electron chi connectivity index (χ2n) is 6.07. The lowest BCUT2D eigenvalue weighted by Gasteiger charge is -2.23. The van der Waals surface area contributed by atoms with Crippen molar-refractivity contribution in [2.24, 2.45) is 5.92 Å². The van der Waals surface area contributed by atoms with Crippen LogP contribution in [0.15, 0.2) is 18.2 Å². The Bertz CT molecular complexity index is 443. The molecule has 0 aliphatic carbocycles. The molecule has 1 unspecified atom stereocenters. The lowest BCUT2D eigenvalue weighted by Crippen LogP contribution is -2.30. The summed E-state index contributed by atoms with van der Waals surface area (Å²) in [6, 6.07) is 5.40. The predicted octanol–water partition coefficient (Wildman–Crippen LogP) is 4.72. The van der Waals surface area contributed by atoms with Gasteiger partial charge in [0.25, 0.3) is 0 Å². The minimum absolute atomic E-state index is 0.537. The molecule has 0 saturated carbocycles. The Morgan fingerprint density at radius 2 is 1.96 bits per heavy atom. The lowest BCUT2D eigenvalue weighted by molar-refractivity contribution is 0.223. The number of hydrogen-bond donors (Lipinski definition) is 1. The fraction of sp³-hybridized carbons (Fsp3) is 0.667. The van der Waals surface area contributed by atoms with Gasteiger partial charge in [-0.25, -0.2) is 0 Å². The van der Waals surface area contributed by atoms with E-state index in [0.29, 0.717) is 22.6 Å². The molecular weight excluding hydrogens is 331 g/mol. The van der Waals surface area contributed by atoms with Crippen LogP contribution < -0.4 is 10.1 Å². The van der Waals surface area contributed by atoms with E-state index in [1.165, 1.54) is 12.8 Å². The summed E-state index contributed by atoms with van der Waals surface area (Å²) in [5.74, 6) is 1.50. The van der Waals surface area contributed by atoms with Crippen LogP contribution in [0.25, 0.3) is 0 Å². The Balaban J connectivity index is 2.27. The average Bonchev–Trinajstić information content (AvgIpc) is 2.52. The summed E-state index contributed by atoms with van der Waals surface area (Å²) in [7, 11) is 2.01. The van der Waals surface area contributed by atoms with Gasteiger partial charge in [-0.3, -0.25) is 0 Å². The van der Waals surface area contributed by atoms with Gasteiger partial charge in [0.1, 0.15) is 5.75 Å². The standard InChI is InChI=1S/C18H30Cl2N2O/c1-4-9-22(11-8-15(2)14-21-3)10-5-12-23-16-6-7-17(19)18(20)13-16/h6-7,13,15,21H,4-5,8-12,14H2,1-3H3. The van der Waals surface area contributed by atoms with Crippen LogP contribution in [0.2, 0.25) is 10.0 Å². The zero-order valence-corrected chi connectivity index (χ0v) is 16.1. The van der Waals surface area contributed by atoms with Crippen LogP contribution in [0, 0.1) is 5.92 Å². The summed E-state index contributed by atoms with van der Waals surface area (Å²) >= 11 is 11.9. The molecule has 0 saturated heterocycles. The third-order valence-electron chi connectivity index (χ3n) is 3.81. The number of hydrogen-bond acceptors (Lipinski definition) is 3. The van der Waals surface area contributed by atoms with E-state index in [1.807, 2.05) is 13.1 Å². The second-order valence-corrected chi connectivity index (χ2v) is 6.89. The molecule has 1 aromatic carbocycles. The summed E-state index contributed by atoms with van der Waals surface area (Å²) in [6.07, 6.45) is 3.43. The molecule has 1 N–H and O–H groups in total. The van der Waals surface area contributed by atoms with Crippen LogP contribution in [0.5, 0.6) is 5.75 Å². The Hall–Kier alpha value is -0.480. The predicted molar refractivity (Wildman–Crippen MR) is 101 cm³/mol. The molecule has 1 rings (SSSR count). The molecule has 0 aliphatic rings. The highest BCUT2D eigenvalue weighted by Gasteiger charge is 2.07. The van der Waals surface area contributed by atoms with Gasteiger partial charge in [-0.05, 0) is 64.0 Å². The summed E-state index contributed by atoms with van der Waals surface area (Å²) in [6.45, 7) is 9.69. The Morgan fingerprint density at radius 1 is 1.17 bits per heavy atom. The highest BCUT2D eigenvalue weighted by molar-refractivity contribution is 6.42. The van der Waals surface area contributed by atoms with E-state index in [2.05, 4.69) is 24.1 Å². The van der Waals surface area contributed by atoms with E-state index in [1.54, 1.807) is 12.1 Å². The van der Waals surface area contributed by atoms with Gasteiger partial charge in [-0.15, -0.1) is 0 Å². The van der Waals surface area contributed by atoms with E-state index in [9.17, 15) is 0 Å². The molecule has 0 amide bonds. The average molecular weight is 361 g/mol. The van der Waals surface area contributed by atoms with Crippen molar-refractivity contribution in [2.45, 2.75) is 33.1 Å². The van der Waals surface area contributed by atoms with Crippen molar-refractivity contribution in [1.82, 2.24) is 10.2 Å². The van der Waals surface area contributed by atoms with Crippen molar-refractivity contribution in [3.05, 3.63) is 28.2 Å². The van der Waals surface area contributed by atoms with E-state index in [0.717, 1.165) is 38.3 Å². The SMILES string of the molecule is CCCN(CCCOc1ccc(Cl)c(Cl)c1)CCC(C)CNC. The van der Waals surface area contributed by atoms with Gasteiger partial charge in [0, 0.05) is 12.6 Å². The monoisotopic (exact) mass is 360 g/mol. The molecule has 3 nitrogen and oxygen atoms in total. The van der Waals surface area contributed by atoms with Crippen LogP contribution in [0.3, 0.4) is 0 Å². The first-order chi connectivity index (χ1) is 11.1. The van der Waals surface area contributed by atoms with Crippen molar-refractivity contribution in [3.63, 3.8) is 0 Å². The van der Waals surface area contributed by atoms with E-state index in [-0.39, 0.29) is 0 Å². The summed E-state index contributed by atoms with van der Waals surface area (Å²) < 4.78 is 5.75. The first kappa shape index (κ1) is 20.6. The van der Waals surface area contributed by atoms with Crippen LogP contribution >= 0.6 is 23.2 Å². The molecule has 132 valence electrons. The largest absolute Gasteiger partial charge is 0.493 e. The summed E-state index contributed by atoms with van der Waals surface area (Å²) in [4.78, 5) is 2.53. The molecule has 0 fully saturated rings. The van der Waals surface area contributed by atoms with Crippen LogP contribution in [-0.2, 0) is 0 Å². The van der Waals surface area contributed by atoms with E-state index >= 15 is 0 Å². The lowest BCUT2D eigenvalue weighted by atomic mass is 10.1. The molecule has 5 heteroatoms. The van der Waals surface area contributed by atoms with Crippen LogP contribution in [-0.4, -0.2) is 44.7 Å². The molecule has 0 spiro atoms. The molecule has 23 heavy (non-hydrogen) atoms. The molecule has 1 aromatic rings. The summed E-state index contributed by atoms with van der Waals surface area (Å²) in [5.41, 5.74) is 0. The zero-order chi connectivity index (χ0) is 17.1. The number of halogens is 2. The Kier molecular flexibility index (Phi) is 10.7. The number of nitrogens with zero attached hydrogens (tertiary/aromatic N) is 1. The van der Waals surface area contributed by atoms with Gasteiger partial charge in [0.15, 0.2) is 0 Å². The quantitative estimate of drug-likeness (QED) is 0.545. The van der Waals surface area contributed by atoms with Crippen molar-refractivity contribution >= 4 is 23.2 Å². The van der Waals surface area contributed by atoms with E-state index in [4.69, 9.17) is 27.9 Å². The topological polar surface area (TPSA) is 24.5 Å². The molecule has 0 bridgehead atoms. The number of benzene rings is 1. The number of nitrogens with one attached hydrogen (secondary N) is 1. The summed E-state index contributed by atoms with van der Waals surface area (Å²) in [5, 5.41) is 4.34. The van der Waals surface area contributed by atoms with Gasteiger partial charge >= 0.3 is 0 Å². The molecule has 0 radical (unpaired) electrons. The second kappa shape index (κ2) is 12.0. The number of rotatable bonds is 12. The van der Waals surface area contributed by atoms with Gasteiger partial charge in [-0.1, -0.05) is 37.0 Å². The molecule has 0 aliphatic heterocycles. The fourth-order valence-corrected chi connectivity index (χ4v) is 2.84. The van der Waals surface area contributed by atoms with Crippen LogP contribution in [0.1, 0.15) is 33.1 Å². The van der Waals surface area contributed by atoms with Gasteiger partial charge in [0.2, 0.25) is 0 Å². The molecule has 0 aromatic heterocycles. The van der Waals surface area contributed by atoms with Crippen molar-refractivity contribution in [2.75, 3.05) is 39.8 Å². The third kappa shape index (κ3) is 8.80. The van der Waals surface area contributed by atoms with Crippen molar-refractivity contribution in [1.29, 1.82) is 0 Å². The highest BCUT2D eigenvalue weighted by atomic mass is 35.5. The first-order valence-corrected chi connectivity index (χ1v) is 9.27. The van der Waals surface area contributed by atoms with Gasteiger partial charge in [-0.2, -0.15) is 0 Å². The first-order valence-electron chi connectivity index (χ1n) is 8.51. The van der Waals surface area contributed by atoms with Crippen molar-refractivity contribution < 1.29 is 4.74 Å². The van der Waals surface area contributed by atoms with Crippen molar-refractivity contribution in [3.8, 4) is 5.75 Å². The Morgan fingerprint density at radius 3 is 2.61 bits per heavy atom. The fourth-order valence-electron chi connectivity index (χ4n) is 2.55. The normalized spacial score (nSPS) is 12.6. The van der Waals surface area contributed by atoms with Gasteiger partial charge in [0.05, 0.1) is 16.7 Å². The maximum atomic E-state index is 5.99. The van der Waals surface area contributed by atoms with E-state index < -0.39 is 0 Å². The minimum atomic E-state index is 0.537. The smallest absolute Gasteiger partial charge is 0.120 e. The minimum Gasteiger partial charge on any atom is -0.493 e. The van der Waals surface area contributed by atoms with Gasteiger partial charge < -0.3 is 15.0 Å². The van der Waals surface area contributed by atoms with Crippen LogP contribution in [0.4, 0.5) is 0 Å². The molecule has 0 heterocycles. The maximum Gasteiger partial charge on any atom is 0.120 e. The highest BCUT2D eigenvalue weighted by Crippen LogP contribution is 2.26. The zero-order valence-electron chi connectivity index (χ0n) is 14.6. The number of ether oxygens (including phenoxy) is 1.